The number of nitrogens with one attached hydrogen (secondary N) is 1. The van der Waals surface area contributed by atoms with Gasteiger partial charge in [0, 0.05) is 28.2 Å². The molecule has 0 unspecified atom stereocenters. The Balaban J connectivity index is 1.70. The third kappa shape index (κ3) is 3.81. The van der Waals surface area contributed by atoms with Gasteiger partial charge in [0.1, 0.15) is 5.82 Å². The van der Waals surface area contributed by atoms with E-state index in [4.69, 9.17) is 16.6 Å². The zero-order valence-corrected chi connectivity index (χ0v) is 18.4. The van der Waals surface area contributed by atoms with Gasteiger partial charge in [0.15, 0.2) is 0 Å². The van der Waals surface area contributed by atoms with Crippen LogP contribution in [-0.4, -0.2) is 24.5 Å². The van der Waals surface area contributed by atoms with Crippen LogP contribution in [0.25, 0.3) is 22.4 Å². The van der Waals surface area contributed by atoms with Crippen LogP contribution in [0, 0.1) is 10.5 Å². The summed E-state index contributed by atoms with van der Waals surface area (Å²) in [6, 6.07) is 7.89. The van der Waals surface area contributed by atoms with Crippen molar-refractivity contribution in [2.24, 2.45) is 0 Å². The minimum atomic E-state index is 0.514. The van der Waals surface area contributed by atoms with E-state index in [2.05, 4.69) is 54.4 Å². The average Bonchev–Trinajstić information content (AvgIpc) is 3.03. The van der Waals surface area contributed by atoms with Crippen molar-refractivity contribution in [1.82, 2.24) is 24.5 Å². The number of hydrogen-bond acceptors (Lipinski definition) is 5. The monoisotopic (exact) mass is 504 g/mol. The normalized spacial score (nSPS) is 11.1. The van der Waals surface area contributed by atoms with Gasteiger partial charge < -0.3 is 9.88 Å². The molecule has 0 fully saturated rings. The minimum Gasteiger partial charge on any atom is -0.323 e. The maximum absolute atomic E-state index is 6.52. The summed E-state index contributed by atoms with van der Waals surface area (Å²) in [6.45, 7) is 4.90. The van der Waals surface area contributed by atoms with Gasteiger partial charge in [-0.1, -0.05) is 18.5 Å². The molecule has 28 heavy (non-hydrogen) atoms. The van der Waals surface area contributed by atoms with Crippen molar-refractivity contribution in [1.29, 1.82) is 0 Å². The van der Waals surface area contributed by atoms with Crippen LogP contribution < -0.4 is 5.32 Å². The lowest BCUT2D eigenvalue weighted by Crippen LogP contribution is -2.02. The fraction of sp³-hybridized carbons (Fsp3) is 0.200. The van der Waals surface area contributed by atoms with Crippen LogP contribution in [0.2, 0.25) is 5.02 Å². The Kier molecular flexibility index (Phi) is 5.45. The van der Waals surface area contributed by atoms with Crippen molar-refractivity contribution in [3.05, 3.63) is 57.1 Å². The molecule has 0 amide bonds. The Bertz CT molecular complexity index is 1120. The van der Waals surface area contributed by atoms with Crippen LogP contribution in [-0.2, 0) is 6.54 Å². The summed E-state index contributed by atoms with van der Waals surface area (Å²) in [6.07, 6.45) is 6.30. The Morgan fingerprint density at radius 1 is 1.11 bits per heavy atom. The molecule has 4 rings (SSSR count). The first-order valence-electron chi connectivity index (χ1n) is 8.92. The first-order chi connectivity index (χ1) is 13.5. The van der Waals surface area contributed by atoms with Gasteiger partial charge in [-0.25, -0.2) is 15.0 Å². The summed E-state index contributed by atoms with van der Waals surface area (Å²) in [5, 5.41) is 3.87. The summed E-state index contributed by atoms with van der Waals surface area (Å²) in [5.41, 5.74) is 4.49. The second kappa shape index (κ2) is 8.00. The van der Waals surface area contributed by atoms with Crippen LogP contribution in [0.5, 0.6) is 0 Å². The quantitative estimate of drug-likeness (QED) is 0.358. The highest BCUT2D eigenvalue weighted by Crippen LogP contribution is 2.31. The van der Waals surface area contributed by atoms with Gasteiger partial charge in [0.2, 0.25) is 5.95 Å². The molecule has 3 aromatic heterocycles. The number of nitrogens with zero attached hydrogens (tertiary/aromatic N) is 5. The van der Waals surface area contributed by atoms with Crippen LogP contribution in [0.1, 0.15) is 19.0 Å². The molecule has 8 heteroatoms. The van der Waals surface area contributed by atoms with Crippen molar-refractivity contribution < 1.29 is 0 Å². The van der Waals surface area contributed by atoms with E-state index in [1.54, 1.807) is 18.6 Å². The van der Waals surface area contributed by atoms with Gasteiger partial charge in [-0.3, -0.25) is 4.98 Å². The van der Waals surface area contributed by atoms with E-state index in [1.807, 2.05) is 31.2 Å². The number of benzene rings is 1. The smallest absolute Gasteiger partial charge is 0.227 e. The highest BCUT2D eigenvalue weighted by atomic mass is 127. The van der Waals surface area contributed by atoms with Gasteiger partial charge in [0.25, 0.3) is 0 Å². The molecule has 142 valence electrons. The molecule has 3 heterocycles. The number of aryl methyl sites for hydroxylation is 2. The van der Waals surface area contributed by atoms with Crippen LogP contribution in [0.15, 0.2) is 42.9 Å². The number of rotatable bonds is 5. The molecule has 0 aliphatic carbocycles. The van der Waals surface area contributed by atoms with Gasteiger partial charge in [-0.2, -0.15) is 0 Å². The van der Waals surface area contributed by atoms with Gasteiger partial charge in [-0.15, -0.1) is 0 Å². The van der Waals surface area contributed by atoms with Crippen molar-refractivity contribution >= 4 is 56.9 Å². The predicted molar refractivity (Wildman–Crippen MR) is 121 cm³/mol. The van der Waals surface area contributed by atoms with Crippen LogP contribution in [0.4, 0.5) is 11.6 Å². The maximum atomic E-state index is 6.52. The van der Waals surface area contributed by atoms with E-state index in [0.717, 1.165) is 50.3 Å². The Labute approximate surface area is 181 Å². The molecule has 0 spiro atoms. The number of pyridine rings is 1. The number of fused-ring (bicyclic) bond motifs is 1. The van der Waals surface area contributed by atoms with Crippen molar-refractivity contribution in [3.63, 3.8) is 0 Å². The van der Waals surface area contributed by atoms with Crippen LogP contribution in [0.3, 0.4) is 0 Å². The molecule has 0 radical (unpaired) electrons. The first-order valence-corrected chi connectivity index (χ1v) is 10.4. The van der Waals surface area contributed by atoms with E-state index >= 15 is 0 Å². The number of hydrogen-bond donors (Lipinski definition) is 1. The van der Waals surface area contributed by atoms with E-state index in [-0.39, 0.29) is 0 Å². The number of imidazole rings is 1. The number of anilines is 2. The molecule has 0 bridgehead atoms. The van der Waals surface area contributed by atoms with Gasteiger partial charge >= 0.3 is 0 Å². The molecule has 1 aromatic carbocycles. The zero-order chi connectivity index (χ0) is 19.7. The molecule has 0 saturated carbocycles. The number of aromatic nitrogens is 5. The summed E-state index contributed by atoms with van der Waals surface area (Å²) in [4.78, 5) is 18.0. The van der Waals surface area contributed by atoms with Gasteiger partial charge in [-0.05, 0) is 60.2 Å². The molecule has 6 nitrogen and oxygen atoms in total. The summed E-state index contributed by atoms with van der Waals surface area (Å²) < 4.78 is 3.20. The Morgan fingerprint density at radius 3 is 2.57 bits per heavy atom. The summed E-state index contributed by atoms with van der Waals surface area (Å²) >= 11 is 8.77. The average molecular weight is 505 g/mol. The van der Waals surface area contributed by atoms with E-state index in [9.17, 15) is 0 Å². The lowest BCUT2D eigenvalue weighted by atomic mass is 10.3. The van der Waals surface area contributed by atoms with E-state index in [0.29, 0.717) is 11.0 Å². The third-order valence-corrected chi connectivity index (χ3v) is 5.20. The number of halogens is 2. The van der Waals surface area contributed by atoms with Crippen LogP contribution >= 0.6 is 34.2 Å². The molecule has 0 aliphatic rings. The second-order valence-electron chi connectivity index (χ2n) is 6.45. The minimum absolute atomic E-state index is 0.514. The largest absolute Gasteiger partial charge is 0.323 e. The molecular formula is C20H18ClIN6. The second-order valence-corrected chi connectivity index (χ2v) is 8.10. The molecule has 0 saturated heterocycles. The highest BCUT2D eigenvalue weighted by Gasteiger charge is 2.16. The molecule has 1 N–H and O–H groups in total. The Hall–Kier alpha value is -2.26. The fourth-order valence-electron chi connectivity index (χ4n) is 3.03. The lowest BCUT2D eigenvalue weighted by Gasteiger charge is -2.09. The molecule has 0 aliphatic heterocycles. The Morgan fingerprint density at radius 2 is 1.89 bits per heavy atom. The maximum Gasteiger partial charge on any atom is 0.227 e. The summed E-state index contributed by atoms with van der Waals surface area (Å²) in [7, 11) is 0. The first kappa shape index (κ1) is 19.1. The lowest BCUT2D eigenvalue weighted by molar-refractivity contribution is 0.703. The van der Waals surface area contributed by atoms with Crippen molar-refractivity contribution in [3.8, 4) is 11.4 Å². The molecule has 0 atom stereocenters. The van der Waals surface area contributed by atoms with E-state index < -0.39 is 0 Å². The van der Waals surface area contributed by atoms with Gasteiger partial charge in [0.05, 0.1) is 33.5 Å². The topological polar surface area (TPSA) is 68.5 Å². The zero-order valence-electron chi connectivity index (χ0n) is 15.4. The fourth-order valence-corrected chi connectivity index (χ4v) is 4.13. The molecular weight excluding hydrogens is 487 g/mol. The summed E-state index contributed by atoms with van der Waals surface area (Å²) in [5.74, 6) is 1.34. The highest BCUT2D eigenvalue weighted by molar-refractivity contribution is 14.1. The predicted octanol–water partition coefficient (Wildman–Crippen LogP) is 5.61. The molecule has 4 aromatic rings. The standard InChI is InChI=1S/C20H18ClIN6/c1-3-6-28-18-16(21)7-14(22)8-17(18)27-19(28)13-9-24-20(25-10-13)26-15-5-4-12(2)23-11-15/h4-5,7-11H,3,6H2,1-2H3,(H,24,25,26). The third-order valence-electron chi connectivity index (χ3n) is 4.28. The van der Waals surface area contributed by atoms with Crippen molar-refractivity contribution in [2.45, 2.75) is 26.8 Å². The van der Waals surface area contributed by atoms with Crippen molar-refractivity contribution in [2.75, 3.05) is 5.32 Å². The van der Waals surface area contributed by atoms with E-state index in [1.165, 1.54) is 0 Å². The SMILES string of the molecule is CCCn1c(-c2cnc(Nc3ccc(C)nc3)nc2)nc2cc(I)cc(Cl)c21.